The molecule has 3 nitrogen and oxygen atoms in total. The number of hydrogen-bond donors (Lipinski definition) is 1. The normalized spacial score (nSPS) is 21.7. The molecule has 1 aromatic carbocycles. The monoisotopic (exact) mass is 263 g/mol. The molecular formula is C14H17NO2S. The lowest BCUT2D eigenvalue weighted by molar-refractivity contribution is 0.378. The summed E-state index contributed by atoms with van der Waals surface area (Å²) in [6.07, 6.45) is 5.25. The highest BCUT2D eigenvalue weighted by molar-refractivity contribution is 8.00. The summed E-state index contributed by atoms with van der Waals surface area (Å²) in [5.41, 5.74) is 2.02. The average molecular weight is 263 g/mol. The zero-order chi connectivity index (χ0) is 12.8. The molecule has 1 aromatic rings. The Hall–Kier alpha value is -1.13. The van der Waals surface area contributed by atoms with Crippen molar-refractivity contribution in [1.82, 2.24) is 5.32 Å². The van der Waals surface area contributed by atoms with Crippen molar-refractivity contribution < 1.29 is 8.42 Å². The standard InChI is InChI=1S/C14H17NO2S/c1-18(16,17)13-10-14(6-8-15-9-7-14)12-5-3-2-4-11(12)13/h2-5,10,15H,6-9H2,1H3. The Kier molecular flexibility index (Phi) is 2.61. The van der Waals surface area contributed by atoms with Gasteiger partial charge >= 0.3 is 0 Å². The van der Waals surface area contributed by atoms with Crippen molar-refractivity contribution in [3.63, 3.8) is 0 Å². The minimum absolute atomic E-state index is 0.0692. The summed E-state index contributed by atoms with van der Waals surface area (Å²) >= 11 is 0. The first-order chi connectivity index (χ1) is 8.53. The molecule has 3 rings (SSSR count). The molecule has 1 spiro atoms. The number of allylic oxidation sites excluding steroid dienone is 1. The van der Waals surface area contributed by atoms with Crippen molar-refractivity contribution in [2.45, 2.75) is 18.3 Å². The number of benzene rings is 1. The fraction of sp³-hybridized carbons (Fsp3) is 0.429. The molecule has 2 aliphatic rings. The highest BCUT2D eigenvalue weighted by Crippen LogP contribution is 2.47. The van der Waals surface area contributed by atoms with Crippen LogP contribution < -0.4 is 5.32 Å². The quantitative estimate of drug-likeness (QED) is 0.839. The van der Waals surface area contributed by atoms with E-state index in [0.29, 0.717) is 4.91 Å². The molecule has 1 N–H and O–H groups in total. The second kappa shape index (κ2) is 3.93. The van der Waals surface area contributed by atoms with E-state index in [1.165, 1.54) is 11.8 Å². The third-order valence-corrected chi connectivity index (χ3v) is 5.17. The summed E-state index contributed by atoms with van der Waals surface area (Å²) in [4.78, 5) is 0.514. The number of hydrogen-bond acceptors (Lipinski definition) is 3. The van der Waals surface area contributed by atoms with Crippen LogP contribution >= 0.6 is 0 Å². The van der Waals surface area contributed by atoms with Crippen LogP contribution in [0, 0.1) is 0 Å². The van der Waals surface area contributed by atoms with E-state index in [-0.39, 0.29) is 5.41 Å². The molecule has 18 heavy (non-hydrogen) atoms. The molecule has 0 amide bonds. The molecule has 1 heterocycles. The Morgan fingerprint density at radius 2 is 1.83 bits per heavy atom. The highest BCUT2D eigenvalue weighted by atomic mass is 32.2. The molecular weight excluding hydrogens is 246 g/mol. The lowest BCUT2D eigenvalue weighted by Crippen LogP contribution is -2.37. The van der Waals surface area contributed by atoms with Gasteiger partial charge in [-0.3, -0.25) is 0 Å². The number of fused-ring (bicyclic) bond motifs is 2. The predicted octanol–water partition coefficient (Wildman–Crippen LogP) is 1.71. The molecule has 0 aromatic heterocycles. The molecule has 0 saturated carbocycles. The van der Waals surface area contributed by atoms with E-state index in [1.54, 1.807) is 0 Å². The fourth-order valence-corrected chi connectivity index (χ4v) is 4.15. The van der Waals surface area contributed by atoms with Gasteiger partial charge in [-0.05, 0) is 37.1 Å². The molecule has 0 atom stereocenters. The Bertz CT molecular complexity index is 610. The summed E-state index contributed by atoms with van der Waals surface area (Å²) in [6, 6.07) is 7.92. The minimum Gasteiger partial charge on any atom is -0.317 e. The van der Waals surface area contributed by atoms with Crippen molar-refractivity contribution in [1.29, 1.82) is 0 Å². The van der Waals surface area contributed by atoms with Crippen LogP contribution in [-0.2, 0) is 15.3 Å². The Balaban J connectivity index is 2.21. The van der Waals surface area contributed by atoms with Crippen molar-refractivity contribution in [2.24, 2.45) is 0 Å². The predicted molar refractivity (Wildman–Crippen MR) is 73.0 cm³/mol. The lowest BCUT2D eigenvalue weighted by atomic mass is 9.75. The van der Waals surface area contributed by atoms with Gasteiger partial charge in [-0.2, -0.15) is 0 Å². The van der Waals surface area contributed by atoms with E-state index < -0.39 is 9.84 Å². The van der Waals surface area contributed by atoms with E-state index in [0.717, 1.165) is 31.5 Å². The van der Waals surface area contributed by atoms with Gasteiger partial charge in [0, 0.05) is 11.7 Å². The molecule has 96 valence electrons. The van der Waals surface area contributed by atoms with Gasteiger partial charge in [0.25, 0.3) is 0 Å². The first-order valence-electron chi connectivity index (χ1n) is 6.26. The lowest BCUT2D eigenvalue weighted by Gasteiger charge is -2.33. The van der Waals surface area contributed by atoms with Crippen molar-refractivity contribution >= 4 is 14.7 Å². The number of rotatable bonds is 1. The Morgan fingerprint density at radius 1 is 1.17 bits per heavy atom. The maximum absolute atomic E-state index is 11.9. The molecule has 1 saturated heterocycles. The van der Waals surface area contributed by atoms with Crippen molar-refractivity contribution in [2.75, 3.05) is 19.3 Å². The third kappa shape index (κ3) is 1.71. The van der Waals surface area contributed by atoms with Gasteiger partial charge in [-0.15, -0.1) is 0 Å². The first kappa shape index (κ1) is 11.9. The van der Waals surface area contributed by atoms with Crippen LogP contribution in [-0.4, -0.2) is 27.8 Å². The zero-order valence-electron chi connectivity index (χ0n) is 10.4. The largest absolute Gasteiger partial charge is 0.317 e. The molecule has 4 heteroatoms. The highest BCUT2D eigenvalue weighted by Gasteiger charge is 2.41. The van der Waals surface area contributed by atoms with Crippen LogP contribution in [0.25, 0.3) is 4.91 Å². The topological polar surface area (TPSA) is 46.2 Å². The maximum Gasteiger partial charge on any atom is 0.175 e. The van der Waals surface area contributed by atoms with Crippen LogP contribution in [0.5, 0.6) is 0 Å². The van der Waals surface area contributed by atoms with E-state index in [1.807, 2.05) is 24.3 Å². The van der Waals surface area contributed by atoms with Crippen molar-refractivity contribution in [3.05, 3.63) is 41.5 Å². The Labute approximate surface area is 108 Å². The second-order valence-electron chi connectivity index (χ2n) is 5.23. The summed E-state index contributed by atoms with van der Waals surface area (Å²) in [6.45, 7) is 1.89. The van der Waals surface area contributed by atoms with Gasteiger partial charge in [0.05, 0.1) is 4.91 Å². The zero-order valence-corrected chi connectivity index (χ0v) is 11.3. The van der Waals surface area contributed by atoms with Gasteiger partial charge in [0.2, 0.25) is 0 Å². The van der Waals surface area contributed by atoms with E-state index in [2.05, 4.69) is 11.4 Å². The number of sulfone groups is 1. The van der Waals surface area contributed by atoms with Gasteiger partial charge in [-0.1, -0.05) is 30.3 Å². The van der Waals surface area contributed by atoms with Gasteiger partial charge < -0.3 is 5.32 Å². The fourth-order valence-electron chi connectivity index (χ4n) is 3.13. The Morgan fingerprint density at radius 3 is 2.50 bits per heavy atom. The molecule has 1 aliphatic carbocycles. The second-order valence-corrected chi connectivity index (χ2v) is 7.22. The smallest absolute Gasteiger partial charge is 0.175 e. The van der Waals surface area contributed by atoms with E-state index in [9.17, 15) is 8.42 Å². The molecule has 0 bridgehead atoms. The van der Waals surface area contributed by atoms with Crippen molar-refractivity contribution in [3.8, 4) is 0 Å². The third-order valence-electron chi connectivity index (χ3n) is 4.03. The summed E-state index contributed by atoms with van der Waals surface area (Å²) < 4.78 is 23.9. The van der Waals surface area contributed by atoms with Crippen LogP contribution in [0.4, 0.5) is 0 Å². The molecule has 0 unspecified atom stereocenters. The maximum atomic E-state index is 11.9. The minimum atomic E-state index is -3.15. The summed E-state index contributed by atoms with van der Waals surface area (Å²) in [7, 11) is -3.15. The number of nitrogens with one attached hydrogen (secondary N) is 1. The SMILES string of the molecule is CS(=O)(=O)C1=CC2(CCNCC2)c2ccccc21. The van der Waals surface area contributed by atoms with Crippen LogP contribution in [0.2, 0.25) is 0 Å². The van der Waals surface area contributed by atoms with E-state index >= 15 is 0 Å². The van der Waals surface area contributed by atoms with Crippen LogP contribution in [0.1, 0.15) is 24.0 Å². The van der Waals surface area contributed by atoms with Gasteiger partial charge in [0.15, 0.2) is 9.84 Å². The van der Waals surface area contributed by atoms with E-state index in [4.69, 9.17) is 0 Å². The molecule has 0 radical (unpaired) electrons. The average Bonchev–Trinajstić information content (AvgIpc) is 2.66. The molecule has 1 aliphatic heterocycles. The van der Waals surface area contributed by atoms with Gasteiger partial charge in [0.1, 0.15) is 0 Å². The van der Waals surface area contributed by atoms with Gasteiger partial charge in [-0.25, -0.2) is 8.42 Å². The number of piperidine rings is 1. The molecule has 1 fully saturated rings. The van der Waals surface area contributed by atoms with Crippen LogP contribution in [0.3, 0.4) is 0 Å². The summed E-state index contributed by atoms with van der Waals surface area (Å²) in [5.74, 6) is 0. The summed E-state index contributed by atoms with van der Waals surface area (Å²) in [5, 5.41) is 3.34. The first-order valence-corrected chi connectivity index (χ1v) is 8.16. The van der Waals surface area contributed by atoms with Crippen LogP contribution in [0.15, 0.2) is 30.3 Å².